The molecule has 0 bridgehead atoms. The molecule has 0 heterocycles. The van der Waals surface area contributed by atoms with Crippen molar-refractivity contribution in [3.05, 3.63) is 28.8 Å². The molecular weight excluding hydrogens is 298 g/mol. The van der Waals surface area contributed by atoms with E-state index in [4.69, 9.17) is 12.2 Å². The van der Waals surface area contributed by atoms with Crippen LogP contribution < -0.4 is 4.90 Å². The van der Waals surface area contributed by atoms with E-state index < -0.39 is 0 Å². The highest BCUT2D eigenvalue weighted by Gasteiger charge is 2.25. The van der Waals surface area contributed by atoms with Gasteiger partial charge in [-0.2, -0.15) is 0 Å². The highest BCUT2D eigenvalue weighted by molar-refractivity contribution is 7.80. The molecular formula is C21H35NS. The second-order valence-electron chi connectivity index (χ2n) is 8.06. The van der Waals surface area contributed by atoms with Crippen LogP contribution in [-0.2, 0) is 0 Å². The third kappa shape index (κ3) is 5.04. The lowest BCUT2D eigenvalue weighted by atomic mass is 9.89. The van der Waals surface area contributed by atoms with Crippen molar-refractivity contribution in [3.8, 4) is 0 Å². The number of hydrogen-bond donors (Lipinski definition) is 0. The van der Waals surface area contributed by atoms with E-state index >= 15 is 0 Å². The first-order valence-electron chi connectivity index (χ1n) is 9.02. The predicted molar refractivity (Wildman–Crippen MR) is 109 cm³/mol. The summed E-state index contributed by atoms with van der Waals surface area (Å²) < 4.78 is 0. The fraction of sp³-hybridized carbons (Fsp3) is 0.667. The van der Waals surface area contributed by atoms with Crippen LogP contribution in [0.25, 0.3) is 0 Å². The van der Waals surface area contributed by atoms with Crippen molar-refractivity contribution in [2.45, 2.75) is 86.6 Å². The second-order valence-corrected chi connectivity index (χ2v) is 8.53. The molecule has 1 aromatic carbocycles. The van der Waals surface area contributed by atoms with Crippen molar-refractivity contribution in [1.29, 1.82) is 0 Å². The summed E-state index contributed by atoms with van der Waals surface area (Å²) in [6, 6.07) is 5.07. The summed E-state index contributed by atoms with van der Waals surface area (Å²) in [7, 11) is 0. The first-order valence-corrected chi connectivity index (χ1v) is 9.43. The second kappa shape index (κ2) is 8.28. The summed E-state index contributed by atoms with van der Waals surface area (Å²) in [5.41, 5.74) is 5.56. The first-order chi connectivity index (χ1) is 10.6. The van der Waals surface area contributed by atoms with Gasteiger partial charge in [0.05, 0.1) is 4.99 Å². The molecule has 0 fully saturated rings. The summed E-state index contributed by atoms with van der Waals surface area (Å²) in [5, 5.41) is 0. The van der Waals surface area contributed by atoms with Gasteiger partial charge in [-0.25, -0.2) is 0 Å². The van der Waals surface area contributed by atoms with Crippen LogP contribution >= 0.6 is 12.2 Å². The molecule has 0 spiro atoms. The van der Waals surface area contributed by atoms with Gasteiger partial charge < -0.3 is 4.90 Å². The van der Waals surface area contributed by atoms with Crippen LogP contribution in [0.5, 0.6) is 0 Å². The van der Waals surface area contributed by atoms with Gasteiger partial charge in [-0.05, 0) is 49.7 Å². The Bertz CT molecular complexity index is 512. The predicted octanol–water partition coefficient (Wildman–Crippen LogP) is 6.83. The lowest BCUT2D eigenvalue weighted by Crippen LogP contribution is -2.38. The molecule has 0 unspecified atom stereocenters. The molecule has 0 atom stereocenters. The lowest BCUT2D eigenvalue weighted by Gasteiger charge is -2.36. The standard InChI is InChI=1S/C21H35NS/c1-13(2)10-20(23)22(16(7)8)21-18(14(3)4)11-17(9)12-19(21)15(5)6/h11-16H,10H2,1-9H3. The molecule has 2 heteroatoms. The molecule has 0 aliphatic rings. The molecule has 0 radical (unpaired) electrons. The Morgan fingerprint density at radius 2 is 1.35 bits per heavy atom. The highest BCUT2D eigenvalue weighted by Crippen LogP contribution is 2.38. The van der Waals surface area contributed by atoms with E-state index in [0.717, 1.165) is 11.4 Å². The van der Waals surface area contributed by atoms with E-state index in [1.807, 2.05) is 0 Å². The number of anilines is 1. The Morgan fingerprint density at radius 1 is 0.913 bits per heavy atom. The normalized spacial score (nSPS) is 11.9. The maximum absolute atomic E-state index is 5.86. The number of nitrogens with zero attached hydrogens (tertiary/aromatic N) is 1. The molecule has 1 aromatic rings. The largest absolute Gasteiger partial charge is 0.333 e. The molecule has 0 N–H and O–H groups in total. The summed E-state index contributed by atoms with van der Waals surface area (Å²) >= 11 is 5.86. The highest BCUT2D eigenvalue weighted by atomic mass is 32.1. The number of rotatable bonds is 6. The van der Waals surface area contributed by atoms with Crippen molar-refractivity contribution < 1.29 is 0 Å². The van der Waals surface area contributed by atoms with Gasteiger partial charge in [0.25, 0.3) is 0 Å². The SMILES string of the molecule is Cc1cc(C(C)C)c(N(C(=S)CC(C)C)C(C)C)c(C(C)C)c1. The Morgan fingerprint density at radius 3 is 1.65 bits per heavy atom. The maximum atomic E-state index is 5.86. The van der Waals surface area contributed by atoms with Crippen LogP contribution in [0, 0.1) is 12.8 Å². The van der Waals surface area contributed by atoms with Crippen molar-refractivity contribution in [2.75, 3.05) is 4.90 Å². The molecule has 23 heavy (non-hydrogen) atoms. The molecule has 0 aliphatic heterocycles. The average molecular weight is 334 g/mol. The fourth-order valence-corrected chi connectivity index (χ4v) is 3.75. The van der Waals surface area contributed by atoms with Crippen molar-refractivity contribution in [1.82, 2.24) is 0 Å². The molecule has 1 rings (SSSR count). The molecule has 0 saturated carbocycles. The van der Waals surface area contributed by atoms with E-state index in [9.17, 15) is 0 Å². The van der Waals surface area contributed by atoms with Crippen LogP contribution in [0.1, 0.15) is 90.3 Å². The van der Waals surface area contributed by atoms with Crippen molar-refractivity contribution in [2.24, 2.45) is 5.92 Å². The maximum Gasteiger partial charge on any atom is 0.0828 e. The van der Waals surface area contributed by atoms with E-state index in [-0.39, 0.29) is 0 Å². The van der Waals surface area contributed by atoms with Crippen LogP contribution in [0.15, 0.2) is 12.1 Å². The Hall–Kier alpha value is -0.890. The average Bonchev–Trinajstić information content (AvgIpc) is 2.38. The molecule has 0 saturated heterocycles. The van der Waals surface area contributed by atoms with Gasteiger partial charge in [0.2, 0.25) is 0 Å². The van der Waals surface area contributed by atoms with Gasteiger partial charge in [-0.1, -0.05) is 71.5 Å². The van der Waals surface area contributed by atoms with Gasteiger partial charge in [-0.15, -0.1) is 0 Å². The minimum Gasteiger partial charge on any atom is -0.333 e. The van der Waals surface area contributed by atoms with Gasteiger partial charge in [0.1, 0.15) is 0 Å². The molecule has 0 amide bonds. The minimum absolute atomic E-state index is 0.374. The summed E-state index contributed by atoms with van der Waals surface area (Å²) in [5.74, 6) is 1.56. The third-order valence-corrected chi connectivity index (χ3v) is 4.53. The first kappa shape index (κ1) is 20.2. The molecule has 1 nitrogen and oxygen atoms in total. The number of hydrogen-bond acceptors (Lipinski definition) is 1. The summed E-state index contributed by atoms with van der Waals surface area (Å²) in [6.45, 7) is 20.3. The third-order valence-electron chi connectivity index (χ3n) is 4.17. The van der Waals surface area contributed by atoms with E-state index in [1.54, 1.807) is 0 Å². The smallest absolute Gasteiger partial charge is 0.0828 e. The number of thiocarbonyl (C=S) groups is 1. The monoisotopic (exact) mass is 333 g/mol. The van der Waals surface area contributed by atoms with E-state index in [2.05, 4.69) is 79.3 Å². The van der Waals surface area contributed by atoms with Gasteiger partial charge in [0.15, 0.2) is 0 Å². The number of aryl methyl sites for hydroxylation is 1. The van der Waals surface area contributed by atoms with Gasteiger partial charge >= 0.3 is 0 Å². The Kier molecular flexibility index (Phi) is 7.26. The molecule has 0 aromatic heterocycles. The lowest BCUT2D eigenvalue weighted by molar-refractivity contribution is 0.670. The van der Waals surface area contributed by atoms with Crippen LogP contribution in [0.4, 0.5) is 5.69 Å². The topological polar surface area (TPSA) is 3.24 Å². The quantitative estimate of drug-likeness (QED) is 0.525. The van der Waals surface area contributed by atoms with Gasteiger partial charge in [-0.3, -0.25) is 0 Å². The van der Waals surface area contributed by atoms with Crippen LogP contribution in [-0.4, -0.2) is 11.0 Å². The number of benzene rings is 1. The van der Waals surface area contributed by atoms with E-state index in [1.165, 1.54) is 22.4 Å². The summed E-state index contributed by atoms with van der Waals surface area (Å²) in [4.78, 5) is 3.49. The Balaban J connectivity index is 3.59. The zero-order chi connectivity index (χ0) is 17.9. The van der Waals surface area contributed by atoms with Crippen molar-refractivity contribution in [3.63, 3.8) is 0 Å². The molecule has 0 aliphatic carbocycles. The zero-order valence-electron chi connectivity index (χ0n) is 16.5. The fourth-order valence-electron chi connectivity index (χ4n) is 3.11. The van der Waals surface area contributed by atoms with Crippen LogP contribution in [0.3, 0.4) is 0 Å². The van der Waals surface area contributed by atoms with E-state index in [0.29, 0.717) is 23.8 Å². The van der Waals surface area contributed by atoms with Gasteiger partial charge in [0, 0.05) is 18.2 Å². The summed E-state index contributed by atoms with van der Waals surface area (Å²) in [6.07, 6.45) is 0.969. The zero-order valence-corrected chi connectivity index (χ0v) is 17.3. The Labute approximate surface area is 149 Å². The molecule has 130 valence electrons. The van der Waals surface area contributed by atoms with Crippen molar-refractivity contribution >= 4 is 22.9 Å². The minimum atomic E-state index is 0.374. The van der Waals surface area contributed by atoms with Crippen LogP contribution in [0.2, 0.25) is 0 Å².